The summed E-state index contributed by atoms with van der Waals surface area (Å²) in [6.07, 6.45) is 15.3. The van der Waals surface area contributed by atoms with E-state index in [1.807, 2.05) is 6.07 Å². The molecule has 0 radical (unpaired) electrons. The molecular formula is C30H50O5. The number of aliphatic hydroxyl groups excluding tert-OH is 1. The highest BCUT2D eigenvalue weighted by Gasteiger charge is 2.33. The maximum absolute atomic E-state index is 12.8. The Morgan fingerprint density at radius 2 is 1.29 bits per heavy atom. The zero-order valence-corrected chi connectivity index (χ0v) is 22.5. The summed E-state index contributed by atoms with van der Waals surface area (Å²) in [6.45, 7) is 4.38. The molecule has 3 atom stereocenters. The highest BCUT2D eigenvalue weighted by molar-refractivity contribution is 5.89. The van der Waals surface area contributed by atoms with Gasteiger partial charge in [0.05, 0.1) is 24.7 Å². The normalized spacial score (nSPS) is 13.7. The minimum absolute atomic E-state index is 0.253. The number of hydrogen-bond acceptors (Lipinski definition) is 5. The van der Waals surface area contributed by atoms with E-state index in [1.165, 1.54) is 52.1 Å². The average molecular weight is 491 g/mol. The van der Waals surface area contributed by atoms with Gasteiger partial charge in [-0.2, -0.15) is 0 Å². The van der Waals surface area contributed by atoms with E-state index in [0.29, 0.717) is 18.4 Å². The number of benzene rings is 1. The van der Waals surface area contributed by atoms with Crippen LogP contribution < -0.4 is 0 Å². The van der Waals surface area contributed by atoms with Crippen molar-refractivity contribution in [3.63, 3.8) is 0 Å². The van der Waals surface area contributed by atoms with Crippen molar-refractivity contribution < 1.29 is 24.2 Å². The van der Waals surface area contributed by atoms with Gasteiger partial charge in [-0.3, -0.25) is 4.79 Å². The van der Waals surface area contributed by atoms with Crippen LogP contribution in [0, 0.1) is 5.92 Å². The van der Waals surface area contributed by atoms with E-state index >= 15 is 0 Å². The van der Waals surface area contributed by atoms with Crippen molar-refractivity contribution in [1.29, 1.82) is 0 Å². The first-order chi connectivity index (χ1) is 17.0. The van der Waals surface area contributed by atoms with Gasteiger partial charge in [-0.05, 0) is 25.0 Å². The standard InChI is InChI=1S/C30H50O5/c1-4-6-8-10-11-12-13-14-18-22-26(31)24-28(35-29(32)25-20-16-15-17-21-25)27(30(33)34-3)23-19-9-7-5-2/h15-17,20-21,26-28,31H,4-14,18-19,22-24H2,1-3H3/t26-,27-,28+/m1/s1. The molecule has 0 aliphatic rings. The molecule has 1 aromatic carbocycles. The largest absolute Gasteiger partial charge is 0.469 e. The lowest BCUT2D eigenvalue weighted by Gasteiger charge is -2.27. The molecule has 0 bridgehead atoms. The summed E-state index contributed by atoms with van der Waals surface area (Å²) in [7, 11) is 1.37. The van der Waals surface area contributed by atoms with Crippen molar-refractivity contribution in [2.45, 2.75) is 129 Å². The Bertz CT molecular complexity index is 660. The second kappa shape index (κ2) is 20.3. The van der Waals surface area contributed by atoms with Crippen LogP contribution in [0.4, 0.5) is 0 Å². The second-order valence-electron chi connectivity index (χ2n) is 9.80. The molecule has 35 heavy (non-hydrogen) atoms. The predicted octanol–water partition coefficient (Wildman–Crippen LogP) is 7.64. The number of hydrogen-bond donors (Lipinski definition) is 1. The number of aliphatic hydroxyl groups is 1. The smallest absolute Gasteiger partial charge is 0.338 e. The molecule has 0 aromatic heterocycles. The number of esters is 2. The van der Waals surface area contributed by atoms with Crippen molar-refractivity contribution in [3.05, 3.63) is 35.9 Å². The van der Waals surface area contributed by atoms with Crippen LogP contribution in [0.25, 0.3) is 0 Å². The molecular weight excluding hydrogens is 440 g/mol. The predicted molar refractivity (Wildman–Crippen MR) is 142 cm³/mol. The van der Waals surface area contributed by atoms with Gasteiger partial charge in [-0.15, -0.1) is 0 Å². The third kappa shape index (κ3) is 14.3. The Kier molecular flexibility index (Phi) is 18.1. The third-order valence-electron chi connectivity index (χ3n) is 6.73. The Labute approximate surface area is 214 Å². The molecule has 0 amide bonds. The van der Waals surface area contributed by atoms with Crippen LogP contribution in [0.15, 0.2) is 30.3 Å². The van der Waals surface area contributed by atoms with Crippen LogP contribution in [0.3, 0.4) is 0 Å². The Balaban J connectivity index is 2.66. The van der Waals surface area contributed by atoms with E-state index in [-0.39, 0.29) is 12.4 Å². The van der Waals surface area contributed by atoms with Gasteiger partial charge in [0.15, 0.2) is 0 Å². The number of methoxy groups -OCH3 is 1. The molecule has 0 saturated heterocycles. The molecule has 0 heterocycles. The zero-order valence-electron chi connectivity index (χ0n) is 22.5. The molecule has 1 rings (SSSR count). The summed E-state index contributed by atoms with van der Waals surface area (Å²) < 4.78 is 10.9. The first kappa shape index (κ1) is 31.2. The summed E-state index contributed by atoms with van der Waals surface area (Å²) in [4.78, 5) is 25.4. The van der Waals surface area contributed by atoms with Gasteiger partial charge in [0.1, 0.15) is 6.10 Å². The van der Waals surface area contributed by atoms with E-state index in [4.69, 9.17) is 9.47 Å². The SMILES string of the molecule is CCCCCCCCCCC[C@@H](O)C[C@H](OC(=O)c1ccccc1)[C@@H](CCCCCC)C(=O)OC. The lowest BCUT2D eigenvalue weighted by atomic mass is 9.90. The molecule has 200 valence electrons. The fraction of sp³-hybridized carbons (Fsp3) is 0.733. The van der Waals surface area contributed by atoms with Crippen LogP contribution in [0.1, 0.15) is 127 Å². The van der Waals surface area contributed by atoms with E-state index < -0.39 is 24.1 Å². The van der Waals surface area contributed by atoms with E-state index in [1.54, 1.807) is 24.3 Å². The van der Waals surface area contributed by atoms with Gasteiger partial charge in [-0.1, -0.05) is 116 Å². The molecule has 0 fully saturated rings. The van der Waals surface area contributed by atoms with Crippen molar-refractivity contribution in [1.82, 2.24) is 0 Å². The fourth-order valence-corrected chi connectivity index (χ4v) is 4.55. The number of ether oxygens (including phenoxy) is 2. The van der Waals surface area contributed by atoms with Crippen LogP contribution in [0.2, 0.25) is 0 Å². The molecule has 1 aromatic rings. The number of carbonyl (C=O) groups excluding carboxylic acids is 2. The maximum atomic E-state index is 12.8. The van der Waals surface area contributed by atoms with Gasteiger partial charge in [0.2, 0.25) is 0 Å². The first-order valence-electron chi connectivity index (χ1n) is 14.0. The lowest BCUT2D eigenvalue weighted by Crippen LogP contribution is -2.36. The Hall–Kier alpha value is -1.88. The van der Waals surface area contributed by atoms with Crippen LogP contribution >= 0.6 is 0 Å². The zero-order chi connectivity index (χ0) is 25.7. The lowest BCUT2D eigenvalue weighted by molar-refractivity contribution is -0.150. The van der Waals surface area contributed by atoms with E-state index in [0.717, 1.165) is 38.5 Å². The average Bonchev–Trinajstić information content (AvgIpc) is 2.87. The molecule has 1 N–H and O–H groups in total. The van der Waals surface area contributed by atoms with Gasteiger partial charge < -0.3 is 14.6 Å². The minimum atomic E-state index is -0.703. The minimum Gasteiger partial charge on any atom is -0.469 e. The highest BCUT2D eigenvalue weighted by Crippen LogP contribution is 2.25. The molecule has 0 saturated carbocycles. The molecule has 0 spiro atoms. The number of rotatable bonds is 21. The van der Waals surface area contributed by atoms with Crippen LogP contribution in [-0.4, -0.2) is 36.4 Å². The summed E-state index contributed by atoms with van der Waals surface area (Å²) >= 11 is 0. The third-order valence-corrected chi connectivity index (χ3v) is 6.73. The quantitative estimate of drug-likeness (QED) is 0.142. The summed E-state index contributed by atoms with van der Waals surface area (Å²) in [5.41, 5.74) is 0.445. The Morgan fingerprint density at radius 3 is 1.86 bits per heavy atom. The Morgan fingerprint density at radius 1 is 0.771 bits per heavy atom. The van der Waals surface area contributed by atoms with E-state index in [9.17, 15) is 14.7 Å². The first-order valence-corrected chi connectivity index (χ1v) is 14.0. The molecule has 5 nitrogen and oxygen atoms in total. The summed E-state index contributed by atoms with van der Waals surface area (Å²) in [5.74, 6) is -1.40. The summed E-state index contributed by atoms with van der Waals surface area (Å²) in [5, 5.41) is 10.8. The van der Waals surface area contributed by atoms with Gasteiger partial charge in [0, 0.05) is 6.42 Å². The van der Waals surface area contributed by atoms with Crippen LogP contribution in [0.5, 0.6) is 0 Å². The molecule has 0 aliphatic carbocycles. The van der Waals surface area contributed by atoms with Gasteiger partial charge >= 0.3 is 11.9 Å². The number of unbranched alkanes of at least 4 members (excludes halogenated alkanes) is 11. The molecule has 0 unspecified atom stereocenters. The fourth-order valence-electron chi connectivity index (χ4n) is 4.55. The molecule has 0 aliphatic heterocycles. The van der Waals surface area contributed by atoms with Crippen molar-refractivity contribution in [2.75, 3.05) is 7.11 Å². The summed E-state index contributed by atoms with van der Waals surface area (Å²) in [6, 6.07) is 8.81. The monoisotopic (exact) mass is 490 g/mol. The van der Waals surface area contributed by atoms with Crippen molar-refractivity contribution in [2.24, 2.45) is 5.92 Å². The highest BCUT2D eigenvalue weighted by atomic mass is 16.6. The van der Waals surface area contributed by atoms with Crippen molar-refractivity contribution in [3.8, 4) is 0 Å². The van der Waals surface area contributed by atoms with E-state index in [2.05, 4.69) is 13.8 Å². The topological polar surface area (TPSA) is 72.8 Å². The second-order valence-corrected chi connectivity index (χ2v) is 9.80. The van der Waals surface area contributed by atoms with Gasteiger partial charge in [0.25, 0.3) is 0 Å². The van der Waals surface area contributed by atoms with Gasteiger partial charge in [-0.25, -0.2) is 4.79 Å². The van der Waals surface area contributed by atoms with Crippen LogP contribution in [-0.2, 0) is 14.3 Å². The van der Waals surface area contributed by atoms with Crippen molar-refractivity contribution >= 4 is 11.9 Å². The maximum Gasteiger partial charge on any atom is 0.338 e. The molecule has 5 heteroatoms. The number of carbonyl (C=O) groups is 2.